The van der Waals surface area contributed by atoms with Crippen LogP contribution in [0.5, 0.6) is 0 Å². The summed E-state index contributed by atoms with van der Waals surface area (Å²) in [4.78, 5) is 0.266. The zero-order chi connectivity index (χ0) is 20.7. The van der Waals surface area contributed by atoms with Crippen LogP contribution in [0.1, 0.15) is 30.9 Å². The van der Waals surface area contributed by atoms with Crippen molar-refractivity contribution in [3.63, 3.8) is 0 Å². The topological polar surface area (TPSA) is 128 Å². The first kappa shape index (κ1) is 21.9. The van der Waals surface area contributed by atoms with Gasteiger partial charge in [-0.1, -0.05) is 26.0 Å². The highest BCUT2D eigenvalue weighted by Gasteiger charge is 2.15. The highest BCUT2D eigenvalue weighted by Crippen LogP contribution is 2.17. The van der Waals surface area contributed by atoms with Gasteiger partial charge in [-0.2, -0.15) is 0 Å². The van der Waals surface area contributed by atoms with Gasteiger partial charge in [0.2, 0.25) is 0 Å². The normalized spacial score (nSPS) is 12.7. The van der Waals surface area contributed by atoms with Gasteiger partial charge in [-0.15, -0.1) is 0 Å². The van der Waals surface area contributed by atoms with Crippen LogP contribution in [0.25, 0.3) is 0 Å². The van der Waals surface area contributed by atoms with E-state index in [1.165, 1.54) is 0 Å². The largest absolute Gasteiger partial charge is 0.390 e. The van der Waals surface area contributed by atoms with Crippen molar-refractivity contribution in [2.45, 2.75) is 30.8 Å². The summed E-state index contributed by atoms with van der Waals surface area (Å²) in [5.41, 5.74) is 7.90. The van der Waals surface area contributed by atoms with Crippen LogP contribution in [0.2, 0.25) is 0 Å². The number of hydrogen-bond donors (Lipinski definition) is 5. The van der Waals surface area contributed by atoms with Crippen molar-refractivity contribution in [1.82, 2.24) is 5.32 Å². The molecule has 2 rings (SSSR count). The van der Waals surface area contributed by atoms with Crippen molar-refractivity contribution in [1.29, 1.82) is 5.41 Å². The standard InChI is InChI=1S/C20H28N4O3S/c1-14(2)15-5-9-19(10-6-15)28(26,27)13-23-11-18(25)12-24-17-7-3-16(4-8-17)20(21)22/h3-10,14,18,23-25H,11-13H2,1-2H3,(H3,21,22). The van der Waals surface area contributed by atoms with Gasteiger partial charge in [-0.3, -0.25) is 5.41 Å². The summed E-state index contributed by atoms with van der Waals surface area (Å²) < 4.78 is 24.7. The molecular formula is C20H28N4O3S. The Balaban J connectivity index is 1.79. The second-order valence-corrected chi connectivity index (χ2v) is 8.95. The predicted octanol–water partition coefficient (Wildman–Crippen LogP) is 1.89. The molecule has 1 unspecified atom stereocenters. The van der Waals surface area contributed by atoms with Gasteiger partial charge < -0.3 is 21.5 Å². The van der Waals surface area contributed by atoms with Gasteiger partial charge in [-0.25, -0.2) is 8.42 Å². The van der Waals surface area contributed by atoms with Crippen LogP contribution in [0, 0.1) is 5.41 Å². The Morgan fingerprint density at radius 3 is 2.21 bits per heavy atom. The fourth-order valence-electron chi connectivity index (χ4n) is 2.58. The first-order valence-electron chi connectivity index (χ1n) is 9.09. The molecular weight excluding hydrogens is 376 g/mol. The summed E-state index contributed by atoms with van der Waals surface area (Å²) in [6.07, 6.45) is -0.758. The van der Waals surface area contributed by atoms with Crippen molar-refractivity contribution in [2.75, 3.05) is 24.3 Å². The van der Waals surface area contributed by atoms with Gasteiger partial charge in [0.25, 0.3) is 0 Å². The van der Waals surface area contributed by atoms with Gasteiger partial charge in [0.1, 0.15) is 11.7 Å². The Morgan fingerprint density at radius 2 is 1.68 bits per heavy atom. The van der Waals surface area contributed by atoms with Crippen LogP contribution in [-0.2, 0) is 9.84 Å². The number of aliphatic hydroxyl groups excluding tert-OH is 1. The van der Waals surface area contributed by atoms with Gasteiger partial charge in [0.05, 0.1) is 11.0 Å². The van der Waals surface area contributed by atoms with E-state index >= 15 is 0 Å². The van der Waals surface area contributed by atoms with E-state index in [0.29, 0.717) is 11.5 Å². The highest BCUT2D eigenvalue weighted by molar-refractivity contribution is 7.91. The van der Waals surface area contributed by atoms with E-state index in [1.54, 1.807) is 36.4 Å². The fourth-order valence-corrected chi connectivity index (χ4v) is 3.68. The summed E-state index contributed by atoms with van der Waals surface area (Å²) in [6, 6.07) is 13.9. The van der Waals surface area contributed by atoms with E-state index in [9.17, 15) is 13.5 Å². The average molecular weight is 405 g/mol. The third-order valence-corrected chi connectivity index (χ3v) is 5.89. The monoisotopic (exact) mass is 404 g/mol. The van der Waals surface area contributed by atoms with Crippen molar-refractivity contribution < 1.29 is 13.5 Å². The molecule has 0 aliphatic heterocycles. The molecule has 0 spiro atoms. The molecule has 0 radical (unpaired) electrons. The Kier molecular flexibility index (Phi) is 7.56. The molecule has 6 N–H and O–H groups in total. The number of nitrogens with two attached hydrogens (primary N) is 1. The zero-order valence-corrected chi connectivity index (χ0v) is 17.0. The molecule has 0 aliphatic carbocycles. The van der Waals surface area contributed by atoms with Crippen molar-refractivity contribution in [2.24, 2.45) is 5.73 Å². The molecule has 1 atom stereocenters. The number of nitrogen functional groups attached to an aromatic ring is 1. The van der Waals surface area contributed by atoms with E-state index in [-0.39, 0.29) is 29.7 Å². The minimum atomic E-state index is -3.45. The molecule has 2 aromatic carbocycles. The number of anilines is 1. The first-order chi connectivity index (χ1) is 13.2. The second kappa shape index (κ2) is 9.68. The fraction of sp³-hybridized carbons (Fsp3) is 0.350. The molecule has 28 heavy (non-hydrogen) atoms. The molecule has 0 saturated carbocycles. The number of benzene rings is 2. The van der Waals surface area contributed by atoms with Crippen LogP contribution < -0.4 is 16.4 Å². The Bertz CT molecular complexity index is 879. The number of hydrogen-bond acceptors (Lipinski definition) is 6. The van der Waals surface area contributed by atoms with Crippen LogP contribution in [0.4, 0.5) is 5.69 Å². The van der Waals surface area contributed by atoms with Crippen LogP contribution in [0.3, 0.4) is 0 Å². The maximum atomic E-state index is 12.4. The van der Waals surface area contributed by atoms with Gasteiger partial charge in [0, 0.05) is 24.3 Å². The minimum Gasteiger partial charge on any atom is -0.390 e. The summed E-state index contributed by atoms with van der Waals surface area (Å²) in [6.45, 7) is 4.51. The highest BCUT2D eigenvalue weighted by atomic mass is 32.2. The third kappa shape index (κ3) is 6.33. The lowest BCUT2D eigenvalue weighted by molar-refractivity contribution is 0.186. The third-order valence-electron chi connectivity index (χ3n) is 4.32. The number of rotatable bonds is 10. The second-order valence-electron chi connectivity index (χ2n) is 6.96. The van der Waals surface area contributed by atoms with Crippen molar-refractivity contribution in [3.8, 4) is 0 Å². The van der Waals surface area contributed by atoms with Crippen LogP contribution in [0.15, 0.2) is 53.4 Å². The molecule has 0 amide bonds. The SMILES string of the molecule is CC(C)c1ccc(S(=O)(=O)CNCC(O)CNc2ccc(C(=N)N)cc2)cc1. The molecule has 0 heterocycles. The summed E-state index contributed by atoms with van der Waals surface area (Å²) >= 11 is 0. The van der Waals surface area contributed by atoms with Crippen molar-refractivity contribution in [3.05, 3.63) is 59.7 Å². The molecule has 0 bridgehead atoms. The molecule has 7 nitrogen and oxygen atoms in total. The van der Waals surface area contributed by atoms with Crippen LogP contribution >= 0.6 is 0 Å². The van der Waals surface area contributed by atoms with E-state index in [4.69, 9.17) is 11.1 Å². The molecule has 0 aliphatic rings. The lowest BCUT2D eigenvalue weighted by Gasteiger charge is -2.14. The van der Waals surface area contributed by atoms with E-state index in [0.717, 1.165) is 11.3 Å². The maximum absolute atomic E-state index is 12.4. The summed E-state index contributed by atoms with van der Waals surface area (Å²) in [5.74, 6) is 0.102. The molecule has 0 fully saturated rings. The summed E-state index contributed by atoms with van der Waals surface area (Å²) in [5, 5.41) is 23.3. The Morgan fingerprint density at radius 1 is 1.07 bits per heavy atom. The van der Waals surface area contributed by atoms with Gasteiger partial charge in [-0.05, 0) is 47.9 Å². The maximum Gasteiger partial charge on any atom is 0.191 e. The molecule has 0 saturated heterocycles. The van der Waals surface area contributed by atoms with E-state index in [2.05, 4.69) is 24.5 Å². The number of sulfone groups is 1. The number of aliphatic hydroxyl groups is 1. The zero-order valence-electron chi connectivity index (χ0n) is 16.1. The average Bonchev–Trinajstić information content (AvgIpc) is 2.66. The smallest absolute Gasteiger partial charge is 0.191 e. The number of nitrogens with one attached hydrogen (secondary N) is 3. The quantitative estimate of drug-likeness (QED) is 0.304. The van der Waals surface area contributed by atoms with Gasteiger partial charge in [0.15, 0.2) is 9.84 Å². The van der Waals surface area contributed by atoms with Crippen molar-refractivity contribution >= 4 is 21.4 Å². The first-order valence-corrected chi connectivity index (χ1v) is 10.7. The molecule has 152 valence electrons. The van der Waals surface area contributed by atoms with E-state index < -0.39 is 15.9 Å². The lowest BCUT2D eigenvalue weighted by Crippen LogP contribution is -2.35. The van der Waals surface area contributed by atoms with Crippen LogP contribution in [-0.4, -0.2) is 44.4 Å². The molecule has 8 heteroatoms. The minimum absolute atomic E-state index is 0.00385. The summed E-state index contributed by atoms with van der Waals surface area (Å²) in [7, 11) is -3.45. The van der Waals surface area contributed by atoms with E-state index in [1.807, 2.05) is 12.1 Å². The molecule has 0 aromatic heterocycles. The number of amidine groups is 1. The Hall–Kier alpha value is -2.42. The predicted molar refractivity (Wildman–Crippen MR) is 113 cm³/mol. The Labute approximate surface area is 166 Å². The molecule has 2 aromatic rings. The lowest BCUT2D eigenvalue weighted by atomic mass is 10.0. The van der Waals surface area contributed by atoms with Gasteiger partial charge >= 0.3 is 0 Å².